The fourth-order valence-electron chi connectivity index (χ4n) is 2.45. The number of benzene rings is 2. The first kappa shape index (κ1) is 13.4. The van der Waals surface area contributed by atoms with E-state index in [1.807, 2.05) is 29.0 Å². The zero-order chi connectivity index (χ0) is 14.8. The molecule has 21 heavy (non-hydrogen) atoms. The molecule has 3 rings (SSSR count). The van der Waals surface area contributed by atoms with Crippen LogP contribution in [0.3, 0.4) is 0 Å². The summed E-state index contributed by atoms with van der Waals surface area (Å²) in [5.74, 6) is 0.194. The molecule has 0 N–H and O–H groups in total. The van der Waals surface area contributed by atoms with Gasteiger partial charge in [0.05, 0.1) is 13.7 Å². The highest BCUT2D eigenvalue weighted by molar-refractivity contribution is 5.97. The van der Waals surface area contributed by atoms with Gasteiger partial charge < -0.3 is 9.30 Å². The van der Waals surface area contributed by atoms with Crippen LogP contribution < -0.4 is 4.74 Å². The Labute approximate surface area is 121 Å². The molecule has 0 spiro atoms. The maximum atomic E-state index is 14.0. The lowest BCUT2D eigenvalue weighted by atomic mass is 10.1. The minimum atomic E-state index is -0.303. The Morgan fingerprint density at radius 3 is 2.81 bits per heavy atom. The molecule has 0 bridgehead atoms. The summed E-state index contributed by atoms with van der Waals surface area (Å²) in [4.78, 5) is 11.0. The summed E-state index contributed by atoms with van der Waals surface area (Å²) in [6, 6.07) is 12.2. The van der Waals surface area contributed by atoms with Crippen molar-refractivity contribution in [3.8, 4) is 5.75 Å². The van der Waals surface area contributed by atoms with Crippen molar-refractivity contribution >= 4 is 17.2 Å². The maximum Gasteiger partial charge on any atom is 0.150 e. The molecular formula is C17H14FNO2. The minimum Gasteiger partial charge on any atom is -0.497 e. The van der Waals surface area contributed by atoms with E-state index in [-0.39, 0.29) is 5.82 Å². The van der Waals surface area contributed by atoms with Crippen LogP contribution in [0.4, 0.5) is 4.39 Å². The van der Waals surface area contributed by atoms with Gasteiger partial charge in [-0.25, -0.2) is 4.39 Å². The molecule has 0 unspecified atom stereocenters. The highest BCUT2D eigenvalue weighted by Crippen LogP contribution is 2.22. The van der Waals surface area contributed by atoms with Crippen LogP contribution in [0.15, 0.2) is 48.7 Å². The zero-order valence-corrected chi connectivity index (χ0v) is 11.5. The molecule has 1 heterocycles. The first-order valence-electron chi connectivity index (χ1n) is 6.58. The van der Waals surface area contributed by atoms with Crippen LogP contribution in [-0.2, 0) is 6.54 Å². The second-order valence-corrected chi connectivity index (χ2v) is 4.80. The number of fused-ring (bicyclic) bond motifs is 1. The molecule has 1 aromatic heterocycles. The zero-order valence-electron chi connectivity index (χ0n) is 11.5. The Kier molecular flexibility index (Phi) is 3.44. The summed E-state index contributed by atoms with van der Waals surface area (Å²) in [6.45, 7) is 0.404. The SMILES string of the molecule is COc1ccc(Cn2ccc3c(C=O)cccc32)c(F)c1. The number of ether oxygens (including phenoxy) is 1. The predicted octanol–water partition coefficient (Wildman–Crippen LogP) is 3.65. The molecule has 4 heteroatoms. The van der Waals surface area contributed by atoms with Crippen LogP contribution in [0.1, 0.15) is 15.9 Å². The fourth-order valence-corrected chi connectivity index (χ4v) is 2.45. The molecule has 0 aliphatic carbocycles. The third-order valence-corrected chi connectivity index (χ3v) is 3.58. The molecule has 0 radical (unpaired) electrons. The van der Waals surface area contributed by atoms with Crippen molar-refractivity contribution in [1.82, 2.24) is 4.57 Å². The quantitative estimate of drug-likeness (QED) is 0.684. The molecule has 3 nitrogen and oxygen atoms in total. The molecule has 2 aromatic carbocycles. The Morgan fingerprint density at radius 2 is 2.10 bits per heavy atom. The third kappa shape index (κ3) is 2.40. The average Bonchev–Trinajstić information content (AvgIpc) is 2.92. The summed E-state index contributed by atoms with van der Waals surface area (Å²) in [5, 5.41) is 0.876. The lowest BCUT2D eigenvalue weighted by Crippen LogP contribution is -2.01. The van der Waals surface area contributed by atoms with Gasteiger partial charge in [-0.15, -0.1) is 0 Å². The number of carbonyl (C=O) groups excluding carboxylic acids is 1. The van der Waals surface area contributed by atoms with E-state index >= 15 is 0 Å². The number of hydrogen-bond acceptors (Lipinski definition) is 2. The molecule has 106 valence electrons. The number of aromatic nitrogens is 1. The van der Waals surface area contributed by atoms with Gasteiger partial charge in [-0.1, -0.05) is 18.2 Å². The van der Waals surface area contributed by atoms with Gasteiger partial charge in [-0.2, -0.15) is 0 Å². The summed E-state index contributed by atoms with van der Waals surface area (Å²) in [7, 11) is 1.51. The van der Waals surface area contributed by atoms with Gasteiger partial charge in [0, 0.05) is 34.3 Å². The Balaban J connectivity index is 2.01. The topological polar surface area (TPSA) is 31.2 Å². The van der Waals surface area contributed by atoms with Crippen LogP contribution in [-0.4, -0.2) is 18.0 Å². The summed E-state index contributed by atoms with van der Waals surface area (Å²) in [6.07, 6.45) is 2.70. The minimum absolute atomic E-state index is 0.303. The van der Waals surface area contributed by atoms with Crippen LogP contribution in [0.2, 0.25) is 0 Å². The standard InChI is InChI=1S/C17H14FNO2/c1-21-14-6-5-12(16(18)9-14)10-19-8-7-15-13(11-20)3-2-4-17(15)19/h2-9,11H,10H2,1H3. The van der Waals surface area contributed by atoms with Gasteiger partial charge >= 0.3 is 0 Å². The lowest BCUT2D eigenvalue weighted by Gasteiger charge is -2.08. The van der Waals surface area contributed by atoms with Crippen molar-refractivity contribution in [2.75, 3.05) is 7.11 Å². The number of hydrogen-bond donors (Lipinski definition) is 0. The van der Waals surface area contributed by atoms with Crippen molar-refractivity contribution in [1.29, 1.82) is 0 Å². The molecule has 0 fully saturated rings. The maximum absolute atomic E-state index is 14.0. The largest absolute Gasteiger partial charge is 0.497 e. The van der Waals surface area contributed by atoms with E-state index in [2.05, 4.69) is 0 Å². The van der Waals surface area contributed by atoms with E-state index in [4.69, 9.17) is 4.74 Å². The van der Waals surface area contributed by atoms with Crippen molar-refractivity contribution in [2.45, 2.75) is 6.54 Å². The molecular weight excluding hydrogens is 269 g/mol. The molecule has 0 aliphatic rings. The third-order valence-electron chi connectivity index (χ3n) is 3.58. The van der Waals surface area contributed by atoms with Gasteiger partial charge in [0.1, 0.15) is 11.6 Å². The van der Waals surface area contributed by atoms with Gasteiger partial charge in [-0.3, -0.25) is 4.79 Å². The molecule has 0 aliphatic heterocycles. The van der Waals surface area contributed by atoms with Gasteiger partial charge in [-0.05, 0) is 18.2 Å². The molecule has 0 amide bonds. The van der Waals surface area contributed by atoms with Crippen molar-refractivity contribution < 1.29 is 13.9 Å². The molecule has 0 saturated carbocycles. The number of halogens is 1. The molecule has 3 aromatic rings. The Hall–Kier alpha value is -2.62. The van der Waals surface area contributed by atoms with Crippen molar-refractivity contribution in [3.63, 3.8) is 0 Å². The first-order valence-corrected chi connectivity index (χ1v) is 6.58. The van der Waals surface area contributed by atoms with Crippen LogP contribution in [0, 0.1) is 5.82 Å². The number of aldehydes is 1. The van der Waals surface area contributed by atoms with E-state index in [9.17, 15) is 9.18 Å². The first-order chi connectivity index (χ1) is 10.2. The van der Waals surface area contributed by atoms with Crippen LogP contribution >= 0.6 is 0 Å². The number of nitrogens with zero attached hydrogens (tertiary/aromatic N) is 1. The number of rotatable bonds is 4. The monoisotopic (exact) mass is 283 g/mol. The van der Waals surface area contributed by atoms with E-state index < -0.39 is 0 Å². The number of carbonyl (C=O) groups is 1. The van der Waals surface area contributed by atoms with E-state index in [1.165, 1.54) is 13.2 Å². The lowest BCUT2D eigenvalue weighted by molar-refractivity contribution is 0.112. The van der Waals surface area contributed by atoms with E-state index in [1.54, 1.807) is 18.2 Å². The Bertz CT molecular complexity index is 808. The summed E-state index contributed by atoms with van der Waals surface area (Å²) >= 11 is 0. The van der Waals surface area contributed by atoms with E-state index in [0.29, 0.717) is 23.4 Å². The Morgan fingerprint density at radius 1 is 1.24 bits per heavy atom. The average molecular weight is 283 g/mol. The summed E-state index contributed by atoms with van der Waals surface area (Å²) < 4.78 is 20.9. The highest BCUT2D eigenvalue weighted by Gasteiger charge is 2.08. The second-order valence-electron chi connectivity index (χ2n) is 4.80. The summed E-state index contributed by atoms with van der Waals surface area (Å²) in [5.41, 5.74) is 2.13. The molecule has 0 atom stereocenters. The fraction of sp³-hybridized carbons (Fsp3) is 0.118. The van der Waals surface area contributed by atoms with Gasteiger partial charge in [0.15, 0.2) is 6.29 Å². The second kappa shape index (κ2) is 5.40. The van der Waals surface area contributed by atoms with E-state index in [0.717, 1.165) is 17.2 Å². The van der Waals surface area contributed by atoms with Crippen LogP contribution in [0.25, 0.3) is 10.9 Å². The normalized spacial score (nSPS) is 10.8. The van der Waals surface area contributed by atoms with Crippen molar-refractivity contribution in [2.24, 2.45) is 0 Å². The smallest absolute Gasteiger partial charge is 0.150 e. The predicted molar refractivity (Wildman–Crippen MR) is 79.4 cm³/mol. The highest BCUT2D eigenvalue weighted by atomic mass is 19.1. The van der Waals surface area contributed by atoms with Gasteiger partial charge in [0.2, 0.25) is 0 Å². The van der Waals surface area contributed by atoms with Crippen molar-refractivity contribution in [3.05, 3.63) is 65.6 Å². The van der Waals surface area contributed by atoms with Crippen LogP contribution in [0.5, 0.6) is 5.75 Å². The van der Waals surface area contributed by atoms with Gasteiger partial charge in [0.25, 0.3) is 0 Å². The number of methoxy groups -OCH3 is 1. The molecule has 0 saturated heterocycles.